The van der Waals surface area contributed by atoms with Crippen molar-refractivity contribution in [1.82, 2.24) is 29.3 Å². The number of amides is 2. The molecule has 5 rings (SSSR count). The SMILES string of the molecule is O=C(Nc1cn(CC(=O)N2CCC(CO)CC2)nc1-c1cc(Cl)ccc1OC(F)F)c1cnn2cccnc12. The van der Waals surface area contributed by atoms with Crippen LogP contribution in [0.5, 0.6) is 5.75 Å². The average Bonchev–Trinajstić information content (AvgIpc) is 3.53. The van der Waals surface area contributed by atoms with E-state index in [0.29, 0.717) is 31.6 Å². The summed E-state index contributed by atoms with van der Waals surface area (Å²) in [6.45, 7) is -2.18. The van der Waals surface area contributed by atoms with Crippen molar-refractivity contribution in [3.63, 3.8) is 0 Å². The first-order valence-electron chi connectivity index (χ1n) is 12.1. The number of anilines is 1. The molecule has 1 aliphatic heterocycles. The summed E-state index contributed by atoms with van der Waals surface area (Å²) in [5.74, 6) is -0.816. The number of aromatic nitrogens is 5. The molecule has 0 bridgehead atoms. The number of nitrogens with zero attached hydrogens (tertiary/aromatic N) is 6. The number of likely N-dealkylation sites (tertiary alicyclic amines) is 1. The minimum absolute atomic E-state index is 0.0812. The van der Waals surface area contributed by atoms with E-state index in [1.807, 2.05) is 0 Å². The molecule has 0 aliphatic carbocycles. The predicted molar refractivity (Wildman–Crippen MR) is 137 cm³/mol. The number of ether oxygens (including phenoxy) is 1. The van der Waals surface area contributed by atoms with Gasteiger partial charge in [-0.2, -0.15) is 19.0 Å². The summed E-state index contributed by atoms with van der Waals surface area (Å²) in [6, 6.07) is 5.72. The summed E-state index contributed by atoms with van der Waals surface area (Å²) in [7, 11) is 0. The molecule has 39 heavy (non-hydrogen) atoms. The minimum Gasteiger partial charge on any atom is -0.434 e. The van der Waals surface area contributed by atoms with Gasteiger partial charge in [-0.25, -0.2) is 9.50 Å². The monoisotopic (exact) mass is 559 g/mol. The van der Waals surface area contributed by atoms with Crippen LogP contribution < -0.4 is 10.1 Å². The third-order valence-electron chi connectivity index (χ3n) is 6.47. The van der Waals surface area contributed by atoms with Crippen molar-refractivity contribution >= 4 is 34.7 Å². The first-order chi connectivity index (χ1) is 18.8. The number of alkyl halides is 2. The van der Waals surface area contributed by atoms with Crippen molar-refractivity contribution < 1.29 is 28.2 Å². The molecule has 1 fully saturated rings. The summed E-state index contributed by atoms with van der Waals surface area (Å²) in [5.41, 5.74) is 0.814. The van der Waals surface area contributed by atoms with Crippen molar-refractivity contribution in [2.75, 3.05) is 25.0 Å². The molecule has 204 valence electrons. The maximum absolute atomic E-state index is 13.2. The second-order valence-corrected chi connectivity index (χ2v) is 9.45. The number of carbonyl (C=O) groups is 2. The fourth-order valence-corrected chi connectivity index (χ4v) is 4.63. The molecule has 0 saturated carbocycles. The van der Waals surface area contributed by atoms with E-state index in [-0.39, 0.29) is 58.3 Å². The Balaban J connectivity index is 1.48. The molecule has 1 saturated heterocycles. The summed E-state index contributed by atoms with van der Waals surface area (Å²) in [4.78, 5) is 32.1. The van der Waals surface area contributed by atoms with E-state index < -0.39 is 12.5 Å². The number of rotatable bonds is 8. The van der Waals surface area contributed by atoms with Crippen LogP contribution in [0.1, 0.15) is 23.2 Å². The molecule has 2 amide bonds. The zero-order valence-electron chi connectivity index (χ0n) is 20.5. The third kappa shape index (κ3) is 5.83. The van der Waals surface area contributed by atoms with Gasteiger partial charge in [0, 0.05) is 48.9 Å². The molecule has 1 aliphatic rings. The Morgan fingerprint density at radius 2 is 2.05 bits per heavy atom. The van der Waals surface area contributed by atoms with Gasteiger partial charge in [-0.05, 0) is 43.0 Å². The molecule has 0 unspecified atom stereocenters. The molecule has 4 heterocycles. The van der Waals surface area contributed by atoms with Gasteiger partial charge in [0.15, 0.2) is 5.65 Å². The summed E-state index contributed by atoms with van der Waals surface area (Å²) in [6.07, 6.45) is 7.34. The van der Waals surface area contributed by atoms with E-state index in [0.717, 1.165) is 0 Å². The Hall–Kier alpha value is -4.10. The van der Waals surface area contributed by atoms with Crippen LogP contribution in [0.15, 0.2) is 49.1 Å². The minimum atomic E-state index is -3.11. The number of halogens is 3. The van der Waals surface area contributed by atoms with Crippen molar-refractivity contribution in [2.24, 2.45) is 5.92 Å². The van der Waals surface area contributed by atoms with E-state index in [2.05, 4.69) is 25.2 Å². The third-order valence-corrected chi connectivity index (χ3v) is 6.70. The van der Waals surface area contributed by atoms with Crippen LogP contribution in [0.25, 0.3) is 16.9 Å². The number of hydrogen-bond donors (Lipinski definition) is 2. The van der Waals surface area contributed by atoms with Gasteiger partial charge in [-0.3, -0.25) is 14.3 Å². The van der Waals surface area contributed by atoms with Gasteiger partial charge in [0.1, 0.15) is 23.6 Å². The Morgan fingerprint density at radius 3 is 2.79 bits per heavy atom. The van der Waals surface area contributed by atoms with Gasteiger partial charge in [-0.15, -0.1) is 0 Å². The molecule has 0 spiro atoms. The predicted octanol–water partition coefficient (Wildman–Crippen LogP) is 3.33. The van der Waals surface area contributed by atoms with Crippen LogP contribution in [0.2, 0.25) is 5.02 Å². The quantitative estimate of drug-likeness (QED) is 0.339. The molecule has 3 aromatic heterocycles. The van der Waals surface area contributed by atoms with E-state index in [1.165, 1.54) is 46.0 Å². The zero-order valence-corrected chi connectivity index (χ0v) is 21.3. The second-order valence-electron chi connectivity index (χ2n) is 9.01. The van der Waals surface area contributed by atoms with Crippen LogP contribution >= 0.6 is 11.6 Å². The summed E-state index contributed by atoms with van der Waals surface area (Å²) >= 11 is 6.16. The van der Waals surface area contributed by atoms with E-state index >= 15 is 0 Å². The van der Waals surface area contributed by atoms with Crippen LogP contribution in [0, 0.1) is 5.92 Å². The summed E-state index contributed by atoms with van der Waals surface area (Å²) < 4.78 is 33.8. The highest BCUT2D eigenvalue weighted by atomic mass is 35.5. The highest BCUT2D eigenvalue weighted by molar-refractivity contribution is 6.31. The maximum Gasteiger partial charge on any atom is 0.387 e. The Kier molecular flexibility index (Phi) is 7.70. The van der Waals surface area contributed by atoms with E-state index in [4.69, 9.17) is 11.6 Å². The number of piperidine rings is 1. The van der Waals surface area contributed by atoms with Gasteiger partial charge in [0.2, 0.25) is 5.91 Å². The normalized spacial score (nSPS) is 14.2. The van der Waals surface area contributed by atoms with Gasteiger partial charge >= 0.3 is 6.61 Å². The van der Waals surface area contributed by atoms with Crippen LogP contribution in [0.4, 0.5) is 14.5 Å². The maximum atomic E-state index is 13.2. The molecule has 11 nitrogen and oxygen atoms in total. The number of nitrogens with one attached hydrogen (secondary N) is 1. The number of aliphatic hydroxyl groups is 1. The van der Waals surface area contributed by atoms with Crippen molar-refractivity contribution in [3.8, 4) is 17.0 Å². The number of aliphatic hydroxyl groups excluding tert-OH is 1. The van der Waals surface area contributed by atoms with Gasteiger partial charge in [0.05, 0.1) is 11.9 Å². The highest BCUT2D eigenvalue weighted by Gasteiger charge is 2.25. The molecule has 14 heteroatoms. The van der Waals surface area contributed by atoms with Crippen molar-refractivity contribution in [3.05, 3.63) is 59.6 Å². The lowest BCUT2D eigenvalue weighted by Crippen LogP contribution is -2.40. The van der Waals surface area contributed by atoms with Crippen molar-refractivity contribution in [1.29, 1.82) is 0 Å². The van der Waals surface area contributed by atoms with Crippen LogP contribution in [0.3, 0.4) is 0 Å². The lowest BCUT2D eigenvalue weighted by molar-refractivity contribution is -0.133. The Labute approximate surface area is 225 Å². The molecular formula is C25H24ClF2N7O4. The lowest BCUT2D eigenvalue weighted by Gasteiger charge is -2.31. The zero-order chi connectivity index (χ0) is 27.5. The molecular weight excluding hydrogens is 536 g/mol. The lowest BCUT2D eigenvalue weighted by atomic mass is 9.98. The number of benzene rings is 1. The first kappa shape index (κ1) is 26.5. The smallest absolute Gasteiger partial charge is 0.387 e. The number of carbonyl (C=O) groups excluding carboxylic acids is 2. The Morgan fingerprint density at radius 1 is 1.26 bits per heavy atom. The van der Waals surface area contributed by atoms with Crippen LogP contribution in [-0.4, -0.2) is 72.5 Å². The van der Waals surface area contributed by atoms with Gasteiger partial charge in [0.25, 0.3) is 5.91 Å². The molecule has 2 N–H and O–H groups in total. The molecule has 0 atom stereocenters. The summed E-state index contributed by atoms with van der Waals surface area (Å²) in [5, 5.41) is 20.9. The topological polar surface area (TPSA) is 127 Å². The van der Waals surface area contributed by atoms with Crippen LogP contribution in [-0.2, 0) is 11.3 Å². The van der Waals surface area contributed by atoms with E-state index in [9.17, 15) is 23.5 Å². The number of fused-ring (bicyclic) bond motifs is 1. The standard InChI is InChI=1S/C25H24ClF2N7O4/c26-16-2-3-20(39-25(27)28)17(10-16)22-19(31-24(38)18-11-30-35-7-1-6-29-23(18)35)12-34(32-22)13-21(37)33-8-4-15(14-36)5-9-33/h1-3,6-7,10-12,15,25,36H,4-5,8-9,13-14H2,(H,31,38). The Bertz CT molecular complexity index is 1500. The fourth-order valence-electron chi connectivity index (χ4n) is 4.46. The first-order valence-corrected chi connectivity index (χ1v) is 12.5. The second kappa shape index (κ2) is 11.3. The fraction of sp³-hybridized carbons (Fsp3) is 0.320. The molecule has 0 radical (unpaired) electrons. The van der Waals surface area contributed by atoms with Gasteiger partial charge in [-0.1, -0.05) is 11.6 Å². The largest absolute Gasteiger partial charge is 0.434 e. The average molecular weight is 560 g/mol. The highest BCUT2D eigenvalue weighted by Crippen LogP contribution is 2.37. The molecule has 1 aromatic carbocycles. The van der Waals surface area contributed by atoms with Gasteiger partial charge < -0.3 is 20.1 Å². The van der Waals surface area contributed by atoms with E-state index in [1.54, 1.807) is 17.2 Å². The molecule has 4 aromatic rings. The number of hydrogen-bond acceptors (Lipinski definition) is 7. The van der Waals surface area contributed by atoms with Crippen molar-refractivity contribution in [2.45, 2.75) is 26.0 Å².